The number of carboxylic acid groups (broad SMARTS) is 1. The molecular formula is C17H26O6. The van der Waals surface area contributed by atoms with E-state index in [9.17, 15) is 9.59 Å². The Hall–Kier alpha value is -1.24. The Balaban J connectivity index is 1.36. The summed E-state index contributed by atoms with van der Waals surface area (Å²) in [5, 5.41) is 8.36. The minimum Gasteiger partial charge on any atom is -0.480 e. The number of carboxylic acids is 1. The summed E-state index contributed by atoms with van der Waals surface area (Å²) in [6.07, 6.45) is 8.04. The molecule has 23 heavy (non-hydrogen) atoms. The smallest absolute Gasteiger partial charge is 0.329 e. The lowest BCUT2D eigenvalue weighted by atomic mass is 9.88. The predicted molar refractivity (Wildman–Crippen MR) is 83.2 cm³/mol. The Labute approximate surface area is 136 Å². The zero-order valence-corrected chi connectivity index (χ0v) is 13.4. The average Bonchev–Trinajstić information content (AvgIpc) is 3.15. The van der Waals surface area contributed by atoms with E-state index < -0.39 is 5.97 Å². The van der Waals surface area contributed by atoms with Gasteiger partial charge < -0.3 is 19.3 Å². The van der Waals surface area contributed by atoms with Crippen LogP contribution in [0.15, 0.2) is 12.2 Å². The van der Waals surface area contributed by atoms with Crippen molar-refractivity contribution in [1.82, 2.24) is 0 Å². The first-order valence-electron chi connectivity index (χ1n) is 8.33. The largest absolute Gasteiger partial charge is 0.480 e. The van der Waals surface area contributed by atoms with Crippen LogP contribution in [-0.2, 0) is 23.8 Å². The van der Waals surface area contributed by atoms with Gasteiger partial charge in [-0.3, -0.25) is 4.79 Å². The van der Waals surface area contributed by atoms with Crippen LogP contribution in [0.2, 0.25) is 0 Å². The normalized spacial score (nSPS) is 25.1. The number of Topliss-reactive ketones (excluding diaryl/α,β-unsaturated/α-hetero) is 1. The van der Waals surface area contributed by atoms with Crippen molar-refractivity contribution in [1.29, 1.82) is 0 Å². The first-order valence-corrected chi connectivity index (χ1v) is 8.33. The minimum absolute atomic E-state index is 0.249. The van der Waals surface area contributed by atoms with Crippen molar-refractivity contribution < 1.29 is 28.9 Å². The molecule has 1 saturated carbocycles. The lowest BCUT2D eigenvalue weighted by molar-refractivity contribution is -0.142. The number of carbonyl (C=O) groups is 2. The highest BCUT2D eigenvalue weighted by Crippen LogP contribution is 2.44. The molecule has 0 spiro atoms. The Morgan fingerprint density at radius 3 is 2.26 bits per heavy atom. The van der Waals surface area contributed by atoms with E-state index in [2.05, 4.69) is 12.2 Å². The third-order valence-corrected chi connectivity index (χ3v) is 4.37. The van der Waals surface area contributed by atoms with Gasteiger partial charge in [-0.1, -0.05) is 12.2 Å². The van der Waals surface area contributed by atoms with Crippen LogP contribution in [0.1, 0.15) is 25.7 Å². The molecule has 0 amide bonds. The van der Waals surface area contributed by atoms with E-state index in [-0.39, 0.29) is 19.1 Å². The van der Waals surface area contributed by atoms with Gasteiger partial charge in [-0.15, -0.1) is 0 Å². The summed E-state index contributed by atoms with van der Waals surface area (Å²) in [7, 11) is 0. The van der Waals surface area contributed by atoms with Crippen molar-refractivity contribution in [2.75, 3.05) is 39.6 Å². The molecule has 0 radical (unpaired) electrons. The summed E-state index contributed by atoms with van der Waals surface area (Å²) in [4.78, 5) is 22.3. The van der Waals surface area contributed by atoms with Gasteiger partial charge in [-0.25, -0.2) is 4.79 Å². The number of fused-ring (bicyclic) bond motifs is 2. The summed E-state index contributed by atoms with van der Waals surface area (Å²) in [5.74, 6) is 0.785. The fraction of sp³-hybridized carbons (Fsp3) is 0.765. The summed E-state index contributed by atoms with van der Waals surface area (Å²) in [6, 6.07) is 0. The van der Waals surface area contributed by atoms with Crippen LogP contribution in [0.4, 0.5) is 0 Å². The van der Waals surface area contributed by atoms with Crippen LogP contribution in [0.5, 0.6) is 0 Å². The molecule has 3 unspecified atom stereocenters. The summed E-state index contributed by atoms with van der Waals surface area (Å²) in [5.41, 5.74) is 0. The van der Waals surface area contributed by atoms with E-state index >= 15 is 0 Å². The van der Waals surface area contributed by atoms with Crippen molar-refractivity contribution >= 4 is 11.8 Å². The van der Waals surface area contributed by atoms with Gasteiger partial charge in [0.2, 0.25) is 0 Å². The molecule has 0 saturated heterocycles. The number of ether oxygens (including phenoxy) is 3. The topological polar surface area (TPSA) is 82.1 Å². The van der Waals surface area contributed by atoms with Gasteiger partial charge in [0.1, 0.15) is 12.4 Å². The summed E-state index contributed by atoms with van der Waals surface area (Å²) in [6.45, 7) is 1.81. The molecule has 130 valence electrons. The molecule has 0 aliphatic heterocycles. The minimum atomic E-state index is -0.982. The maximum absolute atomic E-state index is 12.1. The molecule has 0 aromatic heterocycles. The third kappa shape index (κ3) is 6.41. The number of rotatable bonds is 13. The van der Waals surface area contributed by atoms with Gasteiger partial charge in [0.05, 0.1) is 26.4 Å². The standard InChI is InChI=1S/C17H26O6/c18-16(15-11-13-3-4-14(15)10-13)2-1-5-21-6-7-22-8-9-23-12-17(19)20/h3-4,13-15H,1-2,5-12H2,(H,19,20). The molecule has 2 bridgehead atoms. The van der Waals surface area contributed by atoms with E-state index in [1.165, 1.54) is 6.42 Å². The molecule has 3 atom stereocenters. The number of hydrogen-bond donors (Lipinski definition) is 1. The van der Waals surface area contributed by atoms with E-state index in [1.54, 1.807) is 0 Å². The highest BCUT2D eigenvalue weighted by molar-refractivity contribution is 5.82. The van der Waals surface area contributed by atoms with Gasteiger partial charge in [0.25, 0.3) is 0 Å². The fourth-order valence-corrected chi connectivity index (χ4v) is 3.28. The molecule has 0 aromatic carbocycles. The number of aliphatic carboxylic acids is 1. The Kier molecular flexibility index (Phi) is 7.71. The molecule has 2 aliphatic rings. The lowest BCUT2D eigenvalue weighted by Crippen LogP contribution is -2.19. The third-order valence-electron chi connectivity index (χ3n) is 4.37. The van der Waals surface area contributed by atoms with Gasteiger partial charge in [-0.05, 0) is 31.1 Å². The van der Waals surface area contributed by atoms with Crippen molar-refractivity contribution in [2.24, 2.45) is 17.8 Å². The van der Waals surface area contributed by atoms with Crippen molar-refractivity contribution in [3.63, 3.8) is 0 Å². The molecule has 0 heterocycles. The van der Waals surface area contributed by atoms with Gasteiger partial charge in [-0.2, -0.15) is 0 Å². The van der Waals surface area contributed by atoms with Gasteiger partial charge in [0, 0.05) is 18.9 Å². The molecule has 2 rings (SSSR count). The van der Waals surface area contributed by atoms with Crippen LogP contribution in [0.3, 0.4) is 0 Å². The Bertz CT molecular complexity index is 419. The quantitative estimate of drug-likeness (QED) is 0.410. The van der Waals surface area contributed by atoms with E-state index in [4.69, 9.17) is 19.3 Å². The molecule has 1 fully saturated rings. The summed E-state index contributed by atoms with van der Waals surface area (Å²) >= 11 is 0. The van der Waals surface area contributed by atoms with E-state index in [0.29, 0.717) is 50.5 Å². The zero-order valence-electron chi connectivity index (χ0n) is 13.4. The van der Waals surface area contributed by atoms with Crippen molar-refractivity contribution in [2.45, 2.75) is 25.7 Å². The second-order valence-corrected chi connectivity index (χ2v) is 6.13. The fourth-order valence-electron chi connectivity index (χ4n) is 3.28. The van der Waals surface area contributed by atoms with Crippen LogP contribution >= 0.6 is 0 Å². The lowest BCUT2D eigenvalue weighted by Gasteiger charge is -2.16. The number of carbonyl (C=O) groups excluding carboxylic acids is 1. The van der Waals surface area contributed by atoms with Crippen molar-refractivity contribution in [3.05, 3.63) is 12.2 Å². The van der Waals surface area contributed by atoms with Gasteiger partial charge in [0.15, 0.2) is 0 Å². The maximum Gasteiger partial charge on any atom is 0.329 e. The van der Waals surface area contributed by atoms with E-state index in [0.717, 1.165) is 12.8 Å². The van der Waals surface area contributed by atoms with E-state index in [1.807, 2.05) is 0 Å². The molecular weight excluding hydrogens is 300 g/mol. The van der Waals surface area contributed by atoms with Crippen LogP contribution < -0.4 is 0 Å². The molecule has 6 heteroatoms. The molecule has 2 aliphatic carbocycles. The first kappa shape index (κ1) is 18.1. The van der Waals surface area contributed by atoms with Gasteiger partial charge >= 0.3 is 5.97 Å². The predicted octanol–water partition coefficient (Wildman–Crippen LogP) is 1.68. The van der Waals surface area contributed by atoms with Crippen molar-refractivity contribution in [3.8, 4) is 0 Å². The van der Waals surface area contributed by atoms with Crippen LogP contribution in [0.25, 0.3) is 0 Å². The average molecular weight is 326 g/mol. The number of allylic oxidation sites excluding steroid dienone is 2. The SMILES string of the molecule is O=C(O)COCCOCCOCCCC(=O)C1CC2C=CC1C2. The highest BCUT2D eigenvalue weighted by Gasteiger charge is 2.38. The molecule has 1 N–H and O–H groups in total. The molecule has 6 nitrogen and oxygen atoms in total. The second-order valence-electron chi connectivity index (χ2n) is 6.13. The highest BCUT2D eigenvalue weighted by atomic mass is 16.5. The number of ketones is 1. The zero-order chi connectivity index (χ0) is 16.5. The van der Waals surface area contributed by atoms with Crippen LogP contribution in [0, 0.1) is 17.8 Å². The molecule has 0 aromatic rings. The Morgan fingerprint density at radius 1 is 0.957 bits per heavy atom. The second kappa shape index (κ2) is 9.80. The number of hydrogen-bond acceptors (Lipinski definition) is 5. The maximum atomic E-state index is 12.1. The monoisotopic (exact) mass is 326 g/mol. The summed E-state index contributed by atoms with van der Waals surface area (Å²) < 4.78 is 15.5. The first-order chi connectivity index (χ1) is 11.2. The Morgan fingerprint density at radius 2 is 1.65 bits per heavy atom. The van der Waals surface area contributed by atoms with Crippen LogP contribution in [-0.4, -0.2) is 56.5 Å².